The Balaban J connectivity index is 1.99. The van der Waals surface area contributed by atoms with Crippen LogP contribution in [0.3, 0.4) is 0 Å². The summed E-state index contributed by atoms with van der Waals surface area (Å²) in [5.41, 5.74) is 2.11. The zero-order valence-electron chi connectivity index (χ0n) is 16.8. The molecule has 0 aliphatic carbocycles. The Kier molecular flexibility index (Phi) is 7.35. The molecule has 0 aliphatic heterocycles. The van der Waals surface area contributed by atoms with E-state index in [1.54, 1.807) is 0 Å². The minimum absolute atomic E-state index is 0.0569. The van der Waals surface area contributed by atoms with E-state index in [-0.39, 0.29) is 22.8 Å². The van der Waals surface area contributed by atoms with Crippen molar-refractivity contribution in [3.8, 4) is 5.75 Å². The molecule has 0 saturated carbocycles. The highest BCUT2D eigenvalue weighted by atomic mass is 32.2. The van der Waals surface area contributed by atoms with Gasteiger partial charge < -0.3 is 14.8 Å². The lowest BCUT2D eigenvalue weighted by atomic mass is 10.1. The first kappa shape index (κ1) is 22.4. The number of carbonyl (C=O) groups excluding carboxylic acids is 2. The summed E-state index contributed by atoms with van der Waals surface area (Å²) < 4.78 is 36.0. The Bertz CT molecular complexity index is 985. The first-order chi connectivity index (χ1) is 13.6. The highest BCUT2D eigenvalue weighted by Gasteiger charge is 2.23. The van der Waals surface area contributed by atoms with Crippen LogP contribution >= 0.6 is 0 Å². The first-order valence-electron chi connectivity index (χ1n) is 8.75. The van der Waals surface area contributed by atoms with Crippen molar-refractivity contribution in [2.75, 3.05) is 33.1 Å². The summed E-state index contributed by atoms with van der Waals surface area (Å²) in [6.07, 6.45) is 0.0569. The first-order valence-corrected chi connectivity index (χ1v) is 10.2. The number of sulfonamides is 1. The molecule has 1 amide bonds. The lowest BCUT2D eigenvalue weighted by molar-refractivity contribution is -0.146. The van der Waals surface area contributed by atoms with E-state index in [0.29, 0.717) is 0 Å². The molecular formula is C20H24N2O6S. The number of anilines is 1. The molecule has 0 aliphatic rings. The summed E-state index contributed by atoms with van der Waals surface area (Å²) in [7, 11) is 0.380. The minimum atomic E-state index is -3.77. The molecule has 0 heterocycles. The third kappa shape index (κ3) is 6.03. The molecule has 156 valence electrons. The maximum absolute atomic E-state index is 12.4. The van der Waals surface area contributed by atoms with Gasteiger partial charge in [0, 0.05) is 19.8 Å². The maximum Gasteiger partial charge on any atom is 0.310 e. The molecule has 2 rings (SSSR count). The lowest BCUT2D eigenvalue weighted by Crippen LogP contribution is -2.24. The molecule has 0 spiro atoms. The van der Waals surface area contributed by atoms with Crippen LogP contribution in [0.1, 0.15) is 11.1 Å². The minimum Gasteiger partial charge on any atom is -0.495 e. The average molecular weight is 420 g/mol. The summed E-state index contributed by atoms with van der Waals surface area (Å²) in [5, 5.41) is 2.52. The molecule has 29 heavy (non-hydrogen) atoms. The van der Waals surface area contributed by atoms with Crippen LogP contribution in [0.5, 0.6) is 5.75 Å². The molecule has 0 saturated heterocycles. The summed E-state index contributed by atoms with van der Waals surface area (Å²) in [4.78, 5) is 23.9. The molecule has 1 N–H and O–H groups in total. The molecule has 2 aromatic rings. The van der Waals surface area contributed by atoms with Gasteiger partial charge >= 0.3 is 5.97 Å². The number of ether oxygens (including phenoxy) is 2. The van der Waals surface area contributed by atoms with Crippen LogP contribution in [0, 0.1) is 6.92 Å². The van der Waals surface area contributed by atoms with Gasteiger partial charge in [-0.25, -0.2) is 12.7 Å². The predicted molar refractivity (Wildman–Crippen MR) is 108 cm³/mol. The van der Waals surface area contributed by atoms with Gasteiger partial charge in [-0.3, -0.25) is 9.59 Å². The number of rotatable bonds is 8. The predicted octanol–water partition coefficient (Wildman–Crippen LogP) is 1.98. The number of nitrogens with zero attached hydrogens (tertiary/aromatic N) is 1. The van der Waals surface area contributed by atoms with Crippen molar-refractivity contribution >= 4 is 27.6 Å². The second-order valence-electron chi connectivity index (χ2n) is 6.52. The van der Waals surface area contributed by atoms with Gasteiger partial charge in [-0.1, -0.05) is 29.8 Å². The molecule has 0 aromatic heterocycles. The zero-order valence-corrected chi connectivity index (χ0v) is 17.6. The Morgan fingerprint density at radius 2 is 1.72 bits per heavy atom. The summed E-state index contributed by atoms with van der Waals surface area (Å²) >= 11 is 0. The number of carbonyl (C=O) groups is 2. The largest absolute Gasteiger partial charge is 0.495 e. The van der Waals surface area contributed by atoms with E-state index in [1.807, 2.05) is 31.2 Å². The number of benzene rings is 2. The van der Waals surface area contributed by atoms with E-state index in [4.69, 9.17) is 9.47 Å². The van der Waals surface area contributed by atoms with Crippen LogP contribution in [0.15, 0.2) is 47.4 Å². The number of esters is 1. The molecular weight excluding hydrogens is 396 g/mol. The zero-order chi connectivity index (χ0) is 21.6. The Morgan fingerprint density at radius 1 is 1.07 bits per heavy atom. The van der Waals surface area contributed by atoms with Gasteiger partial charge in [-0.15, -0.1) is 0 Å². The lowest BCUT2D eigenvalue weighted by Gasteiger charge is -2.16. The van der Waals surface area contributed by atoms with Crippen molar-refractivity contribution in [2.45, 2.75) is 18.2 Å². The van der Waals surface area contributed by atoms with Gasteiger partial charge in [0.15, 0.2) is 6.61 Å². The SMILES string of the molecule is COc1ccc(NC(=O)COC(=O)Cc2ccc(C)cc2)cc1S(=O)(=O)N(C)C. The Morgan fingerprint density at radius 3 is 2.31 bits per heavy atom. The number of hydrogen-bond acceptors (Lipinski definition) is 6. The van der Waals surface area contributed by atoms with Gasteiger partial charge in [0.25, 0.3) is 5.91 Å². The molecule has 9 heteroatoms. The fourth-order valence-electron chi connectivity index (χ4n) is 2.42. The van der Waals surface area contributed by atoms with Gasteiger partial charge in [0.05, 0.1) is 13.5 Å². The molecule has 0 radical (unpaired) electrons. The Labute approximate surface area is 170 Å². The Hall–Kier alpha value is -2.91. The third-order valence-electron chi connectivity index (χ3n) is 4.04. The van der Waals surface area contributed by atoms with Crippen LogP contribution < -0.4 is 10.1 Å². The molecule has 2 aromatic carbocycles. The second-order valence-corrected chi connectivity index (χ2v) is 8.64. The maximum atomic E-state index is 12.4. The number of hydrogen-bond donors (Lipinski definition) is 1. The fourth-order valence-corrected chi connectivity index (χ4v) is 3.49. The van der Waals surface area contributed by atoms with Crippen LogP contribution in [0.25, 0.3) is 0 Å². The highest BCUT2D eigenvalue weighted by Crippen LogP contribution is 2.28. The van der Waals surface area contributed by atoms with Crippen LogP contribution in [-0.4, -0.2) is 52.4 Å². The monoisotopic (exact) mass is 420 g/mol. The number of amides is 1. The highest BCUT2D eigenvalue weighted by molar-refractivity contribution is 7.89. The topological polar surface area (TPSA) is 102 Å². The van der Waals surface area contributed by atoms with Gasteiger partial charge in [0.2, 0.25) is 10.0 Å². The van der Waals surface area contributed by atoms with E-state index in [1.165, 1.54) is 39.4 Å². The molecule has 0 atom stereocenters. The van der Waals surface area contributed by atoms with Gasteiger partial charge in [-0.05, 0) is 30.7 Å². The molecule has 0 bridgehead atoms. The summed E-state index contributed by atoms with van der Waals surface area (Å²) in [6, 6.07) is 11.6. The molecule has 0 fully saturated rings. The van der Waals surface area contributed by atoms with E-state index in [0.717, 1.165) is 15.4 Å². The van der Waals surface area contributed by atoms with Crippen LogP contribution in [0.4, 0.5) is 5.69 Å². The van der Waals surface area contributed by atoms with Crippen LogP contribution in [0.2, 0.25) is 0 Å². The van der Waals surface area contributed by atoms with Gasteiger partial charge in [-0.2, -0.15) is 0 Å². The number of methoxy groups -OCH3 is 1. The summed E-state index contributed by atoms with van der Waals surface area (Å²) in [6.45, 7) is 1.47. The fraction of sp³-hybridized carbons (Fsp3) is 0.300. The average Bonchev–Trinajstić information content (AvgIpc) is 2.68. The van der Waals surface area contributed by atoms with Crippen molar-refractivity contribution in [3.05, 3.63) is 53.6 Å². The third-order valence-corrected chi connectivity index (χ3v) is 5.88. The van der Waals surface area contributed by atoms with Gasteiger partial charge in [0.1, 0.15) is 10.6 Å². The van der Waals surface area contributed by atoms with Crippen molar-refractivity contribution in [3.63, 3.8) is 0 Å². The van der Waals surface area contributed by atoms with Crippen molar-refractivity contribution in [2.24, 2.45) is 0 Å². The normalized spacial score (nSPS) is 11.2. The molecule has 0 unspecified atom stereocenters. The standard InChI is InChI=1S/C20H24N2O6S/c1-14-5-7-15(8-6-14)11-20(24)28-13-19(23)21-16-9-10-17(27-4)18(12-16)29(25,26)22(2)3/h5-10,12H,11,13H2,1-4H3,(H,21,23). The summed E-state index contributed by atoms with van der Waals surface area (Å²) in [5.74, 6) is -0.962. The van der Waals surface area contributed by atoms with Crippen molar-refractivity contribution < 1.29 is 27.5 Å². The van der Waals surface area contributed by atoms with Crippen molar-refractivity contribution in [1.29, 1.82) is 0 Å². The second kappa shape index (κ2) is 9.53. The van der Waals surface area contributed by atoms with E-state index in [9.17, 15) is 18.0 Å². The smallest absolute Gasteiger partial charge is 0.310 e. The van der Waals surface area contributed by atoms with E-state index in [2.05, 4.69) is 5.32 Å². The van der Waals surface area contributed by atoms with Crippen LogP contribution in [-0.2, 0) is 30.8 Å². The molecule has 8 nitrogen and oxygen atoms in total. The van der Waals surface area contributed by atoms with E-state index < -0.39 is 28.5 Å². The number of aryl methyl sites for hydroxylation is 1. The number of nitrogens with one attached hydrogen (secondary N) is 1. The van der Waals surface area contributed by atoms with E-state index >= 15 is 0 Å². The quantitative estimate of drug-likeness (QED) is 0.655. The van der Waals surface area contributed by atoms with Crippen molar-refractivity contribution in [1.82, 2.24) is 4.31 Å².